The third kappa shape index (κ3) is 4.44. The van der Waals surface area contributed by atoms with Gasteiger partial charge in [0.25, 0.3) is 0 Å². The van der Waals surface area contributed by atoms with Gasteiger partial charge < -0.3 is 5.73 Å². The van der Waals surface area contributed by atoms with Crippen molar-refractivity contribution in [3.05, 3.63) is 33.3 Å². The molecule has 1 aromatic rings. The molecule has 21 heavy (non-hydrogen) atoms. The van der Waals surface area contributed by atoms with Crippen molar-refractivity contribution in [2.75, 3.05) is 19.6 Å². The molecule has 0 saturated carbocycles. The molecular weight excluding hydrogens is 348 g/mol. The summed E-state index contributed by atoms with van der Waals surface area (Å²) in [5.41, 5.74) is 7.23. The highest BCUT2D eigenvalue weighted by atomic mass is 79.9. The zero-order valence-corrected chi connectivity index (χ0v) is 15.3. The number of hydrogen-bond donors (Lipinski definition) is 1. The quantitative estimate of drug-likeness (QED) is 0.816. The van der Waals surface area contributed by atoms with E-state index in [0.29, 0.717) is 6.54 Å². The van der Waals surface area contributed by atoms with Gasteiger partial charge in [0, 0.05) is 22.1 Å². The number of benzene rings is 1. The van der Waals surface area contributed by atoms with E-state index in [2.05, 4.69) is 46.8 Å². The van der Waals surface area contributed by atoms with Crippen LogP contribution in [0.4, 0.5) is 0 Å². The molecule has 118 valence electrons. The van der Waals surface area contributed by atoms with Gasteiger partial charge in [-0.1, -0.05) is 47.4 Å². The van der Waals surface area contributed by atoms with Gasteiger partial charge in [-0.15, -0.1) is 0 Å². The van der Waals surface area contributed by atoms with E-state index in [1.54, 1.807) is 0 Å². The molecule has 2 nitrogen and oxygen atoms in total. The summed E-state index contributed by atoms with van der Waals surface area (Å²) in [6.45, 7) is 7.54. The van der Waals surface area contributed by atoms with E-state index in [1.807, 2.05) is 6.07 Å². The second-order valence-electron chi connectivity index (χ2n) is 6.39. The van der Waals surface area contributed by atoms with Crippen LogP contribution in [0.1, 0.15) is 44.7 Å². The smallest absolute Gasteiger partial charge is 0.0485 e. The van der Waals surface area contributed by atoms with E-state index in [9.17, 15) is 0 Å². The van der Waals surface area contributed by atoms with Crippen LogP contribution in [0, 0.1) is 11.8 Å². The van der Waals surface area contributed by atoms with Crippen LogP contribution in [-0.4, -0.2) is 24.5 Å². The Bertz CT molecular complexity index is 464. The Morgan fingerprint density at radius 1 is 1.33 bits per heavy atom. The van der Waals surface area contributed by atoms with Gasteiger partial charge in [-0.05, 0) is 61.9 Å². The predicted molar refractivity (Wildman–Crippen MR) is 94.7 cm³/mol. The van der Waals surface area contributed by atoms with E-state index >= 15 is 0 Å². The molecule has 0 radical (unpaired) electrons. The fraction of sp³-hybridized carbons (Fsp3) is 0.647. The van der Waals surface area contributed by atoms with E-state index in [4.69, 9.17) is 17.3 Å². The van der Waals surface area contributed by atoms with Gasteiger partial charge in [0.05, 0.1) is 0 Å². The first-order valence-electron chi connectivity index (χ1n) is 7.92. The molecular formula is C17H26BrClN2. The minimum atomic E-state index is 0.233. The van der Waals surface area contributed by atoms with Gasteiger partial charge in [-0.25, -0.2) is 0 Å². The monoisotopic (exact) mass is 372 g/mol. The van der Waals surface area contributed by atoms with Gasteiger partial charge >= 0.3 is 0 Å². The summed E-state index contributed by atoms with van der Waals surface area (Å²) in [7, 11) is 0. The molecule has 1 aliphatic rings. The van der Waals surface area contributed by atoms with Gasteiger partial charge in [0.1, 0.15) is 0 Å². The third-order valence-electron chi connectivity index (χ3n) is 4.74. The number of hydrogen-bond acceptors (Lipinski definition) is 2. The van der Waals surface area contributed by atoms with Crippen LogP contribution >= 0.6 is 27.5 Å². The highest BCUT2D eigenvalue weighted by Gasteiger charge is 2.25. The number of nitrogens with zero attached hydrogens (tertiary/aromatic N) is 1. The first kappa shape index (κ1) is 17.3. The van der Waals surface area contributed by atoms with E-state index < -0.39 is 0 Å². The van der Waals surface area contributed by atoms with Gasteiger partial charge in [0.15, 0.2) is 0 Å². The van der Waals surface area contributed by atoms with Crippen LogP contribution in [0.15, 0.2) is 22.7 Å². The Balaban J connectivity index is 2.13. The summed E-state index contributed by atoms with van der Waals surface area (Å²) in [5, 5.41) is 0.810. The number of likely N-dealkylation sites (tertiary alicyclic amines) is 1. The lowest BCUT2D eigenvalue weighted by atomic mass is 9.89. The maximum atomic E-state index is 6.43. The lowest BCUT2D eigenvalue weighted by Gasteiger charge is -2.31. The molecule has 1 saturated heterocycles. The molecule has 2 atom stereocenters. The van der Waals surface area contributed by atoms with E-state index in [0.717, 1.165) is 40.0 Å². The first-order chi connectivity index (χ1) is 10.0. The van der Waals surface area contributed by atoms with Crippen molar-refractivity contribution in [3.8, 4) is 0 Å². The Morgan fingerprint density at radius 2 is 2.10 bits per heavy atom. The Labute approximate surface area is 142 Å². The molecule has 0 amide bonds. The van der Waals surface area contributed by atoms with Crippen LogP contribution < -0.4 is 5.73 Å². The minimum Gasteiger partial charge on any atom is -0.329 e. The maximum absolute atomic E-state index is 6.43. The second-order valence-corrected chi connectivity index (χ2v) is 7.71. The number of rotatable bonds is 4. The summed E-state index contributed by atoms with van der Waals surface area (Å²) in [4.78, 5) is 2.53. The van der Waals surface area contributed by atoms with Crippen molar-refractivity contribution in [1.82, 2.24) is 4.90 Å². The van der Waals surface area contributed by atoms with Crippen LogP contribution in [0.3, 0.4) is 0 Å². The maximum Gasteiger partial charge on any atom is 0.0485 e. The fourth-order valence-corrected chi connectivity index (χ4v) is 4.17. The summed E-state index contributed by atoms with van der Waals surface area (Å²) < 4.78 is 1.02. The Morgan fingerprint density at radius 3 is 2.71 bits per heavy atom. The summed E-state index contributed by atoms with van der Waals surface area (Å²) in [6.07, 6.45) is 3.86. The normalized spacial score (nSPS) is 22.3. The highest BCUT2D eigenvalue weighted by Crippen LogP contribution is 2.33. The van der Waals surface area contributed by atoms with E-state index in [1.165, 1.54) is 19.3 Å². The van der Waals surface area contributed by atoms with Crippen molar-refractivity contribution in [2.24, 2.45) is 17.6 Å². The molecule has 0 bridgehead atoms. The average Bonchev–Trinajstić information content (AvgIpc) is 2.68. The van der Waals surface area contributed by atoms with Gasteiger partial charge in [0.2, 0.25) is 0 Å². The number of halogens is 2. The lowest BCUT2D eigenvalue weighted by Crippen LogP contribution is -2.35. The van der Waals surface area contributed by atoms with Crippen LogP contribution in [0.25, 0.3) is 0 Å². The summed E-state index contributed by atoms with van der Waals surface area (Å²) in [6, 6.07) is 6.36. The second kappa shape index (κ2) is 7.96. The van der Waals surface area contributed by atoms with Crippen LogP contribution in [-0.2, 0) is 0 Å². The fourth-order valence-electron chi connectivity index (χ4n) is 3.37. The molecule has 4 heteroatoms. The summed E-state index contributed by atoms with van der Waals surface area (Å²) >= 11 is 9.90. The van der Waals surface area contributed by atoms with Crippen LogP contribution in [0.2, 0.25) is 5.02 Å². The molecule has 1 heterocycles. The van der Waals surface area contributed by atoms with Crippen molar-refractivity contribution >= 4 is 27.5 Å². The number of nitrogens with two attached hydrogens (primary N) is 1. The molecule has 2 rings (SSSR count). The zero-order valence-electron chi connectivity index (χ0n) is 13.0. The van der Waals surface area contributed by atoms with Crippen molar-refractivity contribution in [1.29, 1.82) is 0 Å². The first-order valence-corrected chi connectivity index (χ1v) is 9.09. The Kier molecular flexibility index (Phi) is 6.54. The summed E-state index contributed by atoms with van der Waals surface area (Å²) in [5.74, 6) is 1.62. The third-order valence-corrected chi connectivity index (χ3v) is 5.56. The predicted octanol–water partition coefficient (Wildman–Crippen LogP) is 4.86. The highest BCUT2D eigenvalue weighted by molar-refractivity contribution is 9.10. The topological polar surface area (TPSA) is 29.3 Å². The molecule has 1 aromatic carbocycles. The van der Waals surface area contributed by atoms with Crippen LogP contribution in [0.5, 0.6) is 0 Å². The van der Waals surface area contributed by atoms with Crippen molar-refractivity contribution in [3.63, 3.8) is 0 Å². The Hall–Kier alpha value is -0.0900. The standard InChI is InChI=1S/C17H26BrClN2/c1-12(2)13-4-3-8-21(9-7-13)17(11-20)15-6-5-14(18)10-16(15)19/h5-6,10,12-13,17H,3-4,7-9,11,20H2,1-2H3. The average molecular weight is 374 g/mol. The molecule has 2 unspecified atom stereocenters. The molecule has 1 aliphatic heterocycles. The van der Waals surface area contributed by atoms with Crippen molar-refractivity contribution < 1.29 is 0 Å². The lowest BCUT2D eigenvalue weighted by molar-refractivity contribution is 0.204. The van der Waals surface area contributed by atoms with Gasteiger partial charge in [-0.2, -0.15) is 0 Å². The molecule has 0 aromatic heterocycles. The van der Waals surface area contributed by atoms with Gasteiger partial charge in [-0.3, -0.25) is 4.90 Å². The largest absolute Gasteiger partial charge is 0.329 e. The minimum absolute atomic E-state index is 0.233. The molecule has 0 spiro atoms. The molecule has 0 aliphatic carbocycles. The SMILES string of the molecule is CC(C)C1CCCN(C(CN)c2ccc(Br)cc2Cl)CC1. The molecule has 1 fully saturated rings. The zero-order chi connectivity index (χ0) is 15.4. The van der Waals surface area contributed by atoms with E-state index in [-0.39, 0.29) is 6.04 Å². The molecule has 2 N–H and O–H groups in total. The van der Waals surface area contributed by atoms with Crippen molar-refractivity contribution in [2.45, 2.75) is 39.2 Å².